The van der Waals surface area contributed by atoms with Gasteiger partial charge in [0.25, 0.3) is 21.8 Å². The number of benzene rings is 3. The van der Waals surface area contributed by atoms with Crippen LogP contribution in [0.2, 0.25) is 5.02 Å². The molecule has 43 heavy (non-hydrogen) atoms. The van der Waals surface area contributed by atoms with Crippen LogP contribution in [0.4, 0.5) is 5.69 Å². The molecular weight excluding hydrogens is 590 g/mol. The summed E-state index contributed by atoms with van der Waals surface area (Å²) in [5, 5.41) is 4.13. The topological polar surface area (TPSA) is 116 Å². The number of carbonyl (C=O) groups is 2. The zero-order valence-corrected chi connectivity index (χ0v) is 26.5. The summed E-state index contributed by atoms with van der Waals surface area (Å²) in [6.45, 7) is 12.1. The van der Waals surface area contributed by atoms with Crippen LogP contribution in [0.15, 0.2) is 47.4 Å². The van der Waals surface area contributed by atoms with Gasteiger partial charge in [0.2, 0.25) is 0 Å². The Bertz CT molecular complexity index is 1870. The van der Waals surface area contributed by atoms with Crippen molar-refractivity contribution < 1.29 is 27.5 Å². The van der Waals surface area contributed by atoms with E-state index in [1.54, 1.807) is 26.0 Å². The van der Waals surface area contributed by atoms with Gasteiger partial charge in [-0.3, -0.25) is 9.59 Å². The molecule has 1 aliphatic heterocycles. The molecular formula is C32H34ClN3O6S. The number of nitrogens with one attached hydrogen (secondary N) is 2. The average Bonchev–Trinajstić information content (AvgIpc) is 3.19. The van der Waals surface area contributed by atoms with Crippen LogP contribution in [-0.4, -0.2) is 37.5 Å². The van der Waals surface area contributed by atoms with E-state index in [2.05, 4.69) is 14.6 Å². The second-order valence-electron chi connectivity index (χ2n) is 10.9. The Labute approximate surface area is 256 Å². The summed E-state index contributed by atoms with van der Waals surface area (Å²) in [4.78, 5) is 25.3. The monoisotopic (exact) mass is 623 g/mol. The number of halogens is 1. The van der Waals surface area contributed by atoms with Gasteiger partial charge in [0.05, 0.1) is 22.8 Å². The number of rotatable bonds is 8. The molecule has 4 aromatic rings. The maximum absolute atomic E-state index is 13.5. The van der Waals surface area contributed by atoms with E-state index in [0.717, 1.165) is 38.7 Å². The number of hydrogen-bond donors (Lipinski definition) is 2. The number of aromatic nitrogens is 1. The summed E-state index contributed by atoms with van der Waals surface area (Å²) < 4.78 is 42.8. The van der Waals surface area contributed by atoms with Crippen molar-refractivity contribution in [2.45, 2.75) is 65.5 Å². The second kappa shape index (κ2) is 11.6. The smallest absolute Gasteiger partial charge is 0.265 e. The molecule has 226 valence electrons. The van der Waals surface area contributed by atoms with E-state index >= 15 is 0 Å². The fourth-order valence-electron chi connectivity index (χ4n) is 5.47. The molecule has 1 atom stereocenters. The largest absolute Gasteiger partial charge is 0.494 e. The minimum Gasteiger partial charge on any atom is -0.494 e. The lowest BCUT2D eigenvalue weighted by Crippen LogP contribution is -2.35. The Morgan fingerprint density at radius 3 is 2.47 bits per heavy atom. The van der Waals surface area contributed by atoms with E-state index in [-0.39, 0.29) is 22.1 Å². The molecule has 5 rings (SSSR count). The molecule has 0 bridgehead atoms. The van der Waals surface area contributed by atoms with Crippen molar-refractivity contribution in [1.82, 2.24) is 9.29 Å². The molecule has 0 saturated heterocycles. The molecule has 1 aliphatic rings. The number of anilines is 1. The van der Waals surface area contributed by atoms with Gasteiger partial charge >= 0.3 is 0 Å². The fourth-order valence-corrected chi connectivity index (χ4v) is 6.79. The predicted molar refractivity (Wildman–Crippen MR) is 167 cm³/mol. The fraction of sp³-hybridized carbons (Fsp3) is 0.312. The maximum Gasteiger partial charge on any atom is 0.265 e. The lowest BCUT2D eigenvalue weighted by atomic mass is 10.1. The van der Waals surface area contributed by atoms with Gasteiger partial charge in [-0.15, -0.1) is 0 Å². The van der Waals surface area contributed by atoms with Crippen LogP contribution in [0.5, 0.6) is 11.5 Å². The highest BCUT2D eigenvalue weighted by atomic mass is 35.5. The Morgan fingerprint density at radius 2 is 1.77 bits per heavy atom. The first kappa shape index (κ1) is 30.4. The highest BCUT2D eigenvalue weighted by molar-refractivity contribution is 7.90. The van der Waals surface area contributed by atoms with Gasteiger partial charge in [-0.1, -0.05) is 17.7 Å². The summed E-state index contributed by atoms with van der Waals surface area (Å²) in [6, 6.07) is 12.0. The van der Waals surface area contributed by atoms with Gasteiger partial charge in [-0.05, 0) is 101 Å². The van der Waals surface area contributed by atoms with Crippen LogP contribution in [0.25, 0.3) is 10.9 Å². The lowest BCUT2D eigenvalue weighted by molar-refractivity contribution is -0.122. The van der Waals surface area contributed by atoms with Crippen LogP contribution in [-0.2, 0) is 21.4 Å². The molecule has 1 aromatic heterocycles. The minimum absolute atomic E-state index is 0.105. The second-order valence-corrected chi connectivity index (χ2v) is 13.0. The number of nitrogens with zero attached hydrogens (tertiary/aromatic N) is 1. The lowest BCUT2D eigenvalue weighted by Gasteiger charge is -2.24. The highest BCUT2D eigenvalue weighted by Gasteiger charge is 2.29. The SMILES string of the molecule is Cc1cc2c(cc1S(=O)(=O)NC(=O)c1cccc3c1c(C)c(C)n3CCCOc1cc(C)c(Cl)c(C)c1)OC(C)C(=O)N2. The van der Waals surface area contributed by atoms with Gasteiger partial charge in [0.1, 0.15) is 11.5 Å². The first-order chi connectivity index (χ1) is 20.3. The standard InChI is InChI=1S/C32H34ClN3O6S/c1-17-15-25-27(42-22(6)31(37)34-25)16-28(17)43(39,40)35-32(38)24-9-7-10-26-29(24)20(4)21(5)36(26)11-8-12-41-23-13-18(2)30(33)19(3)14-23/h7,9-10,13-16,22H,8,11-12H2,1-6H3,(H,34,37)(H,35,38). The van der Waals surface area contributed by atoms with Crippen molar-refractivity contribution in [3.8, 4) is 11.5 Å². The van der Waals surface area contributed by atoms with Gasteiger partial charge in [0, 0.05) is 34.2 Å². The third-order valence-corrected chi connectivity index (χ3v) is 9.90. The summed E-state index contributed by atoms with van der Waals surface area (Å²) in [5.74, 6) is -0.0607. The Hall–Kier alpha value is -4.02. The first-order valence-electron chi connectivity index (χ1n) is 14.0. The van der Waals surface area contributed by atoms with Crippen LogP contribution in [0.1, 0.15) is 51.7 Å². The van der Waals surface area contributed by atoms with Gasteiger partial charge in [-0.2, -0.15) is 0 Å². The normalized spacial score (nSPS) is 14.7. The number of ether oxygens (including phenoxy) is 2. The number of hydrogen-bond acceptors (Lipinski definition) is 6. The highest BCUT2D eigenvalue weighted by Crippen LogP contribution is 2.35. The zero-order chi connectivity index (χ0) is 31.2. The van der Waals surface area contributed by atoms with Crippen molar-refractivity contribution in [3.05, 3.63) is 81.0 Å². The molecule has 0 aliphatic carbocycles. The molecule has 3 aromatic carbocycles. The van der Waals surface area contributed by atoms with Crippen molar-refractivity contribution in [3.63, 3.8) is 0 Å². The van der Waals surface area contributed by atoms with E-state index in [0.29, 0.717) is 36.2 Å². The number of sulfonamides is 1. The van der Waals surface area contributed by atoms with Crippen molar-refractivity contribution in [2.75, 3.05) is 11.9 Å². The molecule has 9 nitrogen and oxygen atoms in total. The first-order valence-corrected chi connectivity index (χ1v) is 15.8. The average molecular weight is 624 g/mol. The van der Waals surface area contributed by atoms with Crippen LogP contribution in [0.3, 0.4) is 0 Å². The number of fused-ring (bicyclic) bond motifs is 2. The predicted octanol–water partition coefficient (Wildman–Crippen LogP) is 6.14. The van der Waals surface area contributed by atoms with Gasteiger partial charge < -0.3 is 19.4 Å². The number of amides is 2. The van der Waals surface area contributed by atoms with E-state index < -0.39 is 22.0 Å². The molecule has 0 radical (unpaired) electrons. The van der Waals surface area contributed by atoms with E-state index in [1.807, 2.05) is 45.9 Å². The Balaban J connectivity index is 1.36. The Morgan fingerprint density at radius 1 is 1.07 bits per heavy atom. The molecule has 0 saturated carbocycles. The van der Waals surface area contributed by atoms with E-state index in [9.17, 15) is 18.0 Å². The van der Waals surface area contributed by atoms with E-state index in [1.165, 1.54) is 12.1 Å². The van der Waals surface area contributed by atoms with Crippen molar-refractivity contribution >= 4 is 50.0 Å². The summed E-state index contributed by atoms with van der Waals surface area (Å²) in [6.07, 6.45) is -0.0560. The molecule has 0 fully saturated rings. The number of carbonyl (C=O) groups excluding carboxylic acids is 2. The molecule has 2 heterocycles. The summed E-state index contributed by atoms with van der Waals surface area (Å²) in [7, 11) is -4.26. The summed E-state index contributed by atoms with van der Waals surface area (Å²) >= 11 is 6.27. The molecule has 2 amide bonds. The third kappa shape index (κ3) is 5.81. The van der Waals surface area contributed by atoms with Crippen LogP contribution < -0.4 is 19.5 Å². The van der Waals surface area contributed by atoms with Crippen molar-refractivity contribution in [2.24, 2.45) is 0 Å². The molecule has 11 heteroatoms. The Kier molecular flexibility index (Phi) is 8.20. The minimum atomic E-state index is -4.26. The third-order valence-electron chi connectivity index (χ3n) is 7.83. The van der Waals surface area contributed by atoms with Gasteiger partial charge in [0.15, 0.2) is 6.10 Å². The van der Waals surface area contributed by atoms with Crippen LogP contribution in [0, 0.1) is 34.6 Å². The quantitative estimate of drug-likeness (QED) is 0.228. The van der Waals surface area contributed by atoms with Gasteiger partial charge in [-0.25, -0.2) is 13.1 Å². The number of aryl methyl sites for hydroxylation is 5. The summed E-state index contributed by atoms with van der Waals surface area (Å²) in [5.41, 5.74) is 5.64. The molecule has 1 unspecified atom stereocenters. The van der Waals surface area contributed by atoms with Crippen LogP contribution >= 0.6 is 11.6 Å². The molecule has 0 spiro atoms. The van der Waals surface area contributed by atoms with E-state index in [4.69, 9.17) is 21.1 Å². The zero-order valence-electron chi connectivity index (χ0n) is 24.9. The van der Waals surface area contributed by atoms with Crippen molar-refractivity contribution in [1.29, 1.82) is 0 Å². The molecule has 2 N–H and O–H groups in total. The maximum atomic E-state index is 13.5.